The minimum Gasteiger partial charge on any atom is -0.461 e. The zero-order chi connectivity index (χ0) is 35.8. The number of ether oxygens (including phenoxy) is 5. The van der Waals surface area contributed by atoms with E-state index in [0.29, 0.717) is 16.7 Å². The van der Waals surface area contributed by atoms with Crippen LogP contribution >= 0.6 is 0 Å². The van der Waals surface area contributed by atoms with E-state index in [1.807, 2.05) is 37.3 Å². The second-order valence-corrected chi connectivity index (χ2v) is 13.8. The largest absolute Gasteiger partial charge is 0.461 e. The van der Waals surface area contributed by atoms with Crippen molar-refractivity contribution in [1.29, 1.82) is 0 Å². The molecule has 0 amide bonds. The molecule has 4 rings (SSSR count). The van der Waals surface area contributed by atoms with E-state index in [0.717, 1.165) is 5.56 Å². The van der Waals surface area contributed by atoms with Gasteiger partial charge in [0.1, 0.15) is 24.4 Å². The minimum atomic E-state index is -1.72. The van der Waals surface area contributed by atoms with Gasteiger partial charge in [-0.3, -0.25) is 19.2 Å². The second-order valence-electron chi connectivity index (χ2n) is 13.8. The first-order valence-electron chi connectivity index (χ1n) is 16.1. The van der Waals surface area contributed by atoms with Gasteiger partial charge in [-0.05, 0) is 62.0 Å². The summed E-state index contributed by atoms with van der Waals surface area (Å²) in [7, 11) is 0. The average Bonchev–Trinajstić information content (AvgIpc) is 3.23. The van der Waals surface area contributed by atoms with Gasteiger partial charge in [0.2, 0.25) is 0 Å². The van der Waals surface area contributed by atoms with Gasteiger partial charge in [-0.2, -0.15) is 0 Å². The van der Waals surface area contributed by atoms with Crippen molar-refractivity contribution in [2.45, 2.75) is 111 Å². The number of hydrogen-bond acceptors (Lipinski definition) is 11. The third-order valence-electron chi connectivity index (χ3n) is 10.1. The third-order valence-corrected chi connectivity index (χ3v) is 10.1. The summed E-state index contributed by atoms with van der Waals surface area (Å²) < 4.78 is 30.0. The van der Waals surface area contributed by atoms with Gasteiger partial charge < -0.3 is 28.8 Å². The maximum absolute atomic E-state index is 13.1. The van der Waals surface area contributed by atoms with Crippen LogP contribution in [0.5, 0.6) is 0 Å². The molecule has 0 saturated heterocycles. The fourth-order valence-electron chi connectivity index (χ4n) is 8.20. The van der Waals surface area contributed by atoms with E-state index < -0.39 is 82.7 Å². The van der Waals surface area contributed by atoms with E-state index in [9.17, 15) is 29.1 Å². The van der Waals surface area contributed by atoms with Crippen LogP contribution in [0.15, 0.2) is 59.7 Å². The first-order valence-corrected chi connectivity index (χ1v) is 16.1. The highest BCUT2D eigenvalue weighted by molar-refractivity contribution is 5.87. The maximum atomic E-state index is 13.1. The zero-order valence-electron chi connectivity index (χ0n) is 28.9. The lowest BCUT2D eigenvalue weighted by Crippen LogP contribution is -2.60. The normalized spacial score (nSPS) is 31.6. The molecule has 11 nitrogen and oxygen atoms in total. The van der Waals surface area contributed by atoms with Gasteiger partial charge in [0.15, 0.2) is 6.10 Å². The molecule has 8 unspecified atom stereocenters. The van der Waals surface area contributed by atoms with Crippen molar-refractivity contribution in [1.82, 2.24) is 0 Å². The van der Waals surface area contributed by atoms with Crippen LogP contribution in [0.4, 0.5) is 0 Å². The molecule has 0 heterocycles. The lowest BCUT2D eigenvalue weighted by atomic mass is 9.55. The summed E-state index contributed by atoms with van der Waals surface area (Å²) in [6.45, 7) is 15.9. The summed E-state index contributed by atoms with van der Waals surface area (Å²) >= 11 is 0. The van der Waals surface area contributed by atoms with Gasteiger partial charge in [0, 0.05) is 51.5 Å². The molecule has 0 bridgehead atoms. The first kappa shape index (κ1) is 36.6. The number of hydrogen-bond donors (Lipinski definition) is 1. The molecule has 260 valence electrons. The van der Waals surface area contributed by atoms with Crippen molar-refractivity contribution in [3.05, 3.63) is 65.3 Å². The summed E-state index contributed by atoms with van der Waals surface area (Å²) in [5, 5.41) is 12.2. The Kier molecular flexibility index (Phi) is 10.4. The number of aliphatic hydroxyl groups is 1. The van der Waals surface area contributed by atoms with Gasteiger partial charge >= 0.3 is 29.8 Å². The molecule has 3 aliphatic carbocycles. The van der Waals surface area contributed by atoms with E-state index >= 15 is 0 Å². The van der Waals surface area contributed by atoms with Crippen LogP contribution in [0.25, 0.3) is 6.08 Å². The minimum absolute atomic E-state index is 0.0517. The highest BCUT2D eigenvalue weighted by Gasteiger charge is 2.72. The molecule has 2 fully saturated rings. The predicted octanol–water partition coefficient (Wildman–Crippen LogP) is 4.80. The smallest absolute Gasteiger partial charge is 0.331 e. The van der Waals surface area contributed by atoms with Crippen LogP contribution in [-0.2, 0) is 47.7 Å². The number of carbonyl (C=O) groups is 5. The molecule has 3 aliphatic rings. The monoisotopic (exact) mass is 666 g/mol. The van der Waals surface area contributed by atoms with Crippen molar-refractivity contribution in [2.75, 3.05) is 0 Å². The Balaban J connectivity index is 1.96. The van der Waals surface area contributed by atoms with Gasteiger partial charge in [-0.15, -0.1) is 0 Å². The Morgan fingerprint density at radius 2 is 1.42 bits per heavy atom. The number of rotatable bonds is 8. The molecule has 1 N–H and O–H groups in total. The van der Waals surface area contributed by atoms with Crippen LogP contribution < -0.4 is 0 Å². The molecular formula is C37H46O11. The fourth-order valence-corrected chi connectivity index (χ4v) is 8.20. The second kappa shape index (κ2) is 13.7. The lowest BCUT2D eigenvalue weighted by molar-refractivity contribution is -0.192. The van der Waals surface area contributed by atoms with Crippen molar-refractivity contribution in [3.8, 4) is 0 Å². The highest BCUT2D eigenvalue weighted by atomic mass is 16.6. The quantitative estimate of drug-likeness (QED) is 0.176. The summed E-state index contributed by atoms with van der Waals surface area (Å²) in [6.07, 6.45) is -2.01. The fraction of sp³-hybridized carbons (Fsp3) is 0.541. The molecule has 0 aliphatic heterocycles. The van der Waals surface area contributed by atoms with E-state index in [1.165, 1.54) is 33.8 Å². The predicted molar refractivity (Wildman–Crippen MR) is 174 cm³/mol. The number of carbonyl (C=O) groups excluding carboxylic acids is 5. The summed E-state index contributed by atoms with van der Waals surface area (Å²) in [4.78, 5) is 64.0. The first-order chi connectivity index (χ1) is 22.3. The van der Waals surface area contributed by atoms with Gasteiger partial charge in [0.05, 0.1) is 11.0 Å². The van der Waals surface area contributed by atoms with Crippen LogP contribution in [0.1, 0.15) is 80.2 Å². The highest BCUT2D eigenvalue weighted by Crippen LogP contribution is 2.66. The SMILES string of the molecule is C=C1C(OC(=O)C=Cc2ccccc2)CCC2(C)C(OC(C)=O)C(OC(C)=O)C3=C(C)C(OC(C)=O)CC3(C(C)(C)O)C(OC(C)=O)C12. The summed E-state index contributed by atoms with van der Waals surface area (Å²) in [6, 6.07) is 9.23. The molecule has 0 aromatic heterocycles. The van der Waals surface area contributed by atoms with Gasteiger partial charge in [-0.1, -0.05) is 43.8 Å². The van der Waals surface area contributed by atoms with E-state index in [2.05, 4.69) is 6.58 Å². The number of fused-ring (bicyclic) bond motifs is 2. The Hall–Kier alpha value is -4.25. The summed E-state index contributed by atoms with van der Waals surface area (Å²) in [5.41, 5.74) is -2.44. The van der Waals surface area contributed by atoms with Crippen molar-refractivity contribution in [2.24, 2.45) is 16.7 Å². The van der Waals surface area contributed by atoms with Crippen molar-refractivity contribution < 1.29 is 52.8 Å². The Morgan fingerprint density at radius 1 is 0.854 bits per heavy atom. The number of benzene rings is 1. The van der Waals surface area contributed by atoms with Gasteiger partial charge in [-0.25, -0.2) is 4.79 Å². The van der Waals surface area contributed by atoms with Crippen LogP contribution in [0.2, 0.25) is 0 Å². The Bertz CT molecular complexity index is 1530. The molecule has 8 atom stereocenters. The topological polar surface area (TPSA) is 152 Å². The molecule has 0 radical (unpaired) electrons. The van der Waals surface area contributed by atoms with E-state index in [4.69, 9.17) is 23.7 Å². The third kappa shape index (κ3) is 6.83. The molecule has 0 spiro atoms. The zero-order valence-corrected chi connectivity index (χ0v) is 28.9. The van der Waals surface area contributed by atoms with Crippen LogP contribution in [0.3, 0.4) is 0 Å². The molecule has 2 saturated carbocycles. The van der Waals surface area contributed by atoms with Crippen LogP contribution in [0, 0.1) is 16.7 Å². The Labute approximate surface area is 281 Å². The van der Waals surface area contributed by atoms with Gasteiger partial charge in [0.25, 0.3) is 0 Å². The Morgan fingerprint density at radius 3 is 1.96 bits per heavy atom. The standard InChI is InChI=1S/C37H46O11/c1-20-27(48-29(42)16-15-26-13-11-10-12-14-26)17-18-36(9)31(20)33(46-24(5)40)37(35(7,8)43)19-28(44-22(3)38)21(2)30(37)32(45-23(4)39)34(36)47-25(6)41/h10-16,27-28,31-34,43H,1,17-19H2,2-9H3. The number of esters is 5. The van der Waals surface area contributed by atoms with E-state index in [-0.39, 0.29) is 19.3 Å². The van der Waals surface area contributed by atoms with Crippen LogP contribution in [-0.4, -0.2) is 71.1 Å². The molecule has 1 aromatic rings. The average molecular weight is 667 g/mol. The molecule has 48 heavy (non-hydrogen) atoms. The maximum Gasteiger partial charge on any atom is 0.331 e. The summed E-state index contributed by atoms with van der Waals surface area (Å²) in [5.74, 6) is -4.14. The van der Waals surface area contributed by atoms with Crippen molar-refractivity contribution >= 4 is 35.9 Å². The molecular weight excluding hydrogens is 620 g/mol. The lowest BCUT2D eigenvalue weighted by Gasteiger charge is -2.54. The van der Waals surface area contributed by atoms with Crippen molar-refractivity contribution in [3.63, 3.8) is 0 Å². The molecule has 11 heteroatoms. The molecule has 1 aromatic carbocycles. The van der Waals surface area contributed by atoms with E-state index in [1.54, 1.807) is 26.8 Å².